The second kappa shape index (κ2) is 30.4. The first-order chi connectivity index (χ1) is 37.6. The minimum absolute atomic E-state index is 0. The summed E-state index contributed by atoms with van der Waals surface area (Å²) in [6, 6.07) is 3.11. The summed E-state index contributed by atoms with van der Waals surface area (Å²) in [5.74, 6) is 0. The van der Waals surface area contributed by atoms with Crippen molar-refractivity contribution < 1.29 is 274 Å². The number of alkyl halides is 16. The second-order valence-electron chi connectivity index (χ2n) is 15.0. The van der Waals surface area contributed by atoms with Crippen molar-refractivity contribution in [3.05, 3.63) is 99.8 Å². The number of hydrogen-bond acceptors (Lipinski definition) is 22. The van der Waals surface area contributed by atoms with Gasteiger partial charge in [-0.1, -0.05) is 116 Å². The van der Waals surface area contributed by atoms with Crippen LogP contribution in [0.1, 0.15) is 11.1 Å². The summed E-state index contributed by atoms with van der Waals surface area (Å²) < 4.78 is 434. The molecule has 0 saturated heterocycles. The zero-order valence-corrected chi connectivity index (χ0v) is 64.1. The van der Waals surface area contributed by atoms with Crippen molar-refractivity contribution in [1.82, 2.24) is 0 Å². The van der Waals surface area contributed by atoms with Crippen LogP contribution in [0.15, 0.2) is 77.9 Å². The Hall–Kier alpha value is 2.22. The first-order valence-electron chi connectivity index (χ1n) is 18.8. The van der Waals surface area contributed by atoms with Crippen molar-refractivity contribution in [1.29, 1.82) is 0 Å². The van der Waals surface area contributed by atoms with Crippen LogP contribution in [-0.2, 0) is 90.3 Å². The van der Waals surface area contributed by atoms with E-state index in [-0.39, 0.29) is 142 Å². The molecule has 0 heterocycles. The monoisotopic (exact) mass is 1710 g/mol. The van der Waals surface area contributed by atoms with E-state index in [9.17, 15) is 156 Å². The first-order valence-corrected chi connectivity index (χ1v) is 35.0. The fourth-order valence-corrected chi connectivity index (χ4v) is 20.4. The molecule has 0 aliphatic carbocycles. The largest absolute Gasteiger partial charge is 1.00 e. The van der Waals surface area contributed by atoms with Crippen LogP contribution < -0.4 is 118 Å². The SMILES string of the molecule is O=S(=O)([O-])C(F)(F)C(F)(F)S(=O)(=O)c1c(Cl)cc(Sc2cc(Cl)c(C(F)(F)S(=O)(=O)C(F)(F)S(=O)(=O)[O-])c(Cl)c2)cc1Cl.O=S(=O)([O-])C(F)(F)C(F)(F)S(=O)(=O)c1c(Cl)cc(Sc2cc(Cl)c(C(F)(F)S(=O)(=O)C(F)(F)S(=O)(=O)[O-])c(Cl)c2)cc1Cl.[Na+].[Na+].[Na+].[Na+]. The number of hydrogen-bond donors (Lipinski definition) is 0. The van der Waals surface area contributed by atoms with Gasteiger partial charge in [-0.2, -0.15) is 70.2 Å². The van der Waals surface area contributed by atoms with Crippen LogP contribution >= 0.6 is 116 Å². The molecule has 0 saturated carbocycles. The molecule has 488 valence electrons. The molecule has 4 aromatic carbocycles. The van der Waals surface area contributed by atoms with Gasteiger partial charge >= 0.3 is 159 Å². The van der Waals surface area contributed by atoms with Gasteiger partial charge in [-0.05, 0) is 48.5 Å². The molecule has 0 unspecified atom stereocenters. The van der Waals surface area contributed by atoms with Gasteiger partial charge in [0.15, 0.2) is 40.5 Å². The van der Waals surface area contributed by atoms with Gasteiger partial charge in [0, 0.05) is 19.6 Å². The number of benzene rings is 4. The van der Waals surface area contributed by atoms with E-state index in [4.69, 9.17) is 92.8 Å². The Morgan fingerprint density at radius 1 is 0.289 bits per heavy atom. The average Bonchev–Trinajstić information content (AvgIpc) is 3.25. The molecule has 90 heavy (non-hydrogen) atoms. The van der Waals surface area contributed by atoms with Crippen LogP contribution in [0.2, 0.25) is 40.2 Å². The molecular formula is C32H8Cl8F16Na4O20S10. The minimum Gasteiger partial charge on any atom is -0.743 e. The third kappa shape index (κ3) is 16.9. The fourth-order valence-electron chi connectivity index (χ4n) is 5.45. The molecule has 20 nitrogen and oxygen atoms in total. The van der Waals surface area contributed by atoms with Crippen LogP contribution in [0.5, 0.6) is 0 Å². The summed E-state index contributed by atoms with van der Waals surface area (Å²) in [5, 5.41) is -49.8. The van der Waals surface area contributed by atoms with Gasteiger partial charge in [-0.15, -0.1) is 0 Å². The summed E-state index contributed by atoms with van der Waals surface area (Å²) in [5.41, 5.74) is -4.25. The van der Waals surface area contributed by atoms with E-state index in [0.29, 0.717) is 48.5 Å². The maximum absolute atomic E-state index is 14.6. The molecule has 4 rings (SSSR count). The predicted octanol–water partition coefficient (Wildman–Crippen LogP) is -0.953. The quantitative estimate of drug-likeness (QED) is 0.0584. The molecule has 0 N–H and O–H groups in total. The Morgan fingerprint density at radius 2 is 0.456 bits per heavy atom. The number of halogens is 24. The molecule has 0 fully saturated rings. The fraction of sp³-hybridized carbons (Fsp3) is 0.250. The van der Waals surface area contributed by atoms with Gasteiger partial charge in [0.05, 0.1) is 51.3 Å². The van der Waals surface area contributed by atoms with E-state index >= 15 is 0 Å². The minimum atomic E-state index is -7.53. The standard InChI is InChI=1S/2C16H6Cl4F8O10S5.4Na/c2*17-7-1-5(2-8(18)11(7)13(21,22)41(31,32)16(27,28)43(36,37)38)39-6-3-9(19)12(10(20)4-6)40(29,30)14(23,24)15(25,26)42(33,34)35;;;;/h2*1-4H,(H,33,34,35)(H,36,37,38);;;;/q;;4*+1/p-4. The maximum Gasteiger partial charge on any atom is 1.00 e. The number of rotatable bonds is 20. The van der Waals surface area contributed by atoms with Crippen LogP contribution in [0.3, 0.4) is 0 Å². The van der Waals surface area contributed by atoms with Gasteiger partial charge in [0.1, 0.15) is 9.79 Å². The van der Waals surface area contributed by atoms with Gasteiger partial charge in [0.25, 0.3) is 39.3 Å². The van der Waals surface area contributed by atoms with E-state index in [1.165, 1.54) is 0 Å². The van der Waals surface area contributed by atoms with Crippen molar-refractivity contribution in [3.63, 3.8) is 0 Å². The second-order valence-corrected chi connectivity index (χ2v) is 34.7. The van der Waals surface area contributed by atoms with Crippen LogP contribution in [0, 0.1) is 0 Å². The zero-order chi connectivity index (χ0) is 68.3. The molecule has 0 amide bonds. The first kappa shape index (κ1) is 94.3. The molecule has 4 aromatic rings. The molecule has 0 aliphatic rings. The smallest absolute Gasteiger partial charge is 0.743 e. The summed E-state index contributed by atoms with van der Waals surface area (Å²) in [6.07, 6.45) is 0. The zero-order valence-electron chi connectivity index (χ0n) is 41.9. The van der Waals surface area contributed by atoms with Crippen molar-refractivity contribution in [2.24, 2.45) is 0 Å². The Bertz CT molecular complexity index is 4090. The van der Waals surface area contributed by atoms with Crippen molar-refractivity contribution in [3.8, 4) is 0 Å². The van der Waals surface area contributed by atoms with Crippen LogP contribution in [0.4, 0.5) is 70.2 Å². The number of sulfone groups is 4. The molecule has 0 atom stereocenters. The third-order valence-electron chi connectivity index (χ3n) is 9.43. The van der Waals surface area contributed by atoms with E-state index in [2.05, 4.69) is 0 Å². The topological polar surface area (TPSA) is 365 Å². The van der Waals surface area contributed by atoms with Crippen molar-refractivity contribution >= 4 is 196 Å². The molecule has 0 bridgehead atoms. The Labute approximate surface area is 631 Å². The summed E-state index contributed by atoms with van der Waals surface area (Å²) in [4.78, 5) is -5.87. The van der Waals surface area contributed by atoms with E-state index < -0.39 is 201 Å². The molecule has 0 aliphatic heterocycles. The van der Waals surface area contributed by atoms with Crippen LogP contribution in [0.25, 0.3) is 0 Å². The Balaban J connectivity index is 0. The van der Waals surface area contributed by atoms with E-state index in [1.54, 1.807) is 0 Å². The maximum atomic E-state index is 14.6. The molecular weight excluding hydrogens is 1700 g/mol. The summed E-state index contributed by atoms with van der Waals surface area (Å²) in [6.45, 7) is 0. The van der Waals surface area contributed by atoms with Gasteiger partial charge in [-0.25, -0.2) is 67.3 Å². The van der Waals surface area contributed by atoms with Crippen molar-refractivity contribution in [2.45, 2.75) is 70.1 Å². The average molecular weight is 1710 g/mol. The van der Waals surface area contributed by atoms with Gasteiger partial charge in [-0.3, -0.25) is 0 Å². The van der Waals surface area contributed by atoms with Gasteiger partial charge in [0.2, 0.25) is 0 Å². The predicted molar refractivity (Wildman–Crippen MR) is 263 cm³/mol. The summed E-state index contributed by atoms with van der Waals surface area (Å²) >= 11 is 45.0. The van der Waals surface area contributed by atoms with E-state index in [1.807, 2.05) is 0 Å². The normalized spacial score (nSPS) is 14.0. The Kier molecular flexibility index (Phi) is 31.9. The molecule has 0 spiro atoms. The van der Waals surface area contributed by atoms with Crippen molar-refractivity contribution in [2.75, 3.05) is 0 Å². The molecule has 0 aromatic heterocycles. The van der Waals surface area contributed by atoms with E-state index in [0.717, 1.165) is 0 Å². The van der Waals surface area contributed by atoms with Crippen LogP contribution in [-0.4, -0.2) is 116 Å². The Morgan fingerprint density at radius 3 is 0.611 bits per heavy atom. The van der Waals surface area contributed by atoms with Gasteiger partial charge < -0.3 is 18.2 Å². The molecule has 0 radical (unpaired) electrons. The summed E-state index contributed by atoms with van der Waals surface area (Å²) in [7, 11) is -57.8. The molecule has 58 heteroatoms. The third-order valence-corrected chi connectivity index (χ3v) is 26.7.